The minimum absolute atomic E-state index is 0.544. The first-order chi connectivity index (χ1) is 8.63. The van der Waals surface area contributed by atoms with Gasteiger partial charge >= 0.3 is 0 Å². The smallest absolute Gasteiger partial charge is 0.0146 e. The van der Waals surface area contributed by atoms with Crippen molar-refractivity contribution in [3.05, 3.63) is 0 Å². The molecule has 0 bridgehead atoms. The van der Waals surface area contributed by atoms with Crippen molar-refractivity contribution in [2.75, 3.05) is 26.2 Å². The van der Waals surface area contributed by atoms with Crippen molar-refractivity contribution in [3.8, 4) is 0 Å². The van der Waals surface area contributed by atoms with E-state index in [0.717, 1.165) is 12.0 Å². The van der Waals surface area contributed by atoms with Gasteiger partial charge in [0.15, 0.2) is 0 Å². The molecule has 106 valence electrons. The monoisotopic (exact) mass is 252 g/mol. The summed E-state index contributed by atoms with van der Waals surface area (Å²) in [6.45, 7) is 12.4. The van der Waals surface area contributed by atoms with Crippen LogP contribution in [0.4, 0.5) is 0 Å². The van der Waals surface area contributed by atoms with Crippen LogP contribution in [0.1, 0.15) is 59.3 Å². The minimum Gasteiger partial charge on any atom is -0.317 e. The second kappa shape index (κ2) is 6.38. The third kappa shape index (κ3) is 3.48. The minimum atomic E-state index is 0.544. The van der Waals surface area contributed by atoms with E-state index in [1.54, 1.807) is 0 Å². The summed E-state index contributed by atoms with van der Waals surface area (Å²) < 4.78 is 0. The molecule has 2 heteroatoms. The van der Waals surface area contributed by atoms with Gasteiger partial charge < -0.3 is 5.32 Å². The van der Waals surface area contributed by atoms with Gasteiger partial charge in [0.1, 0.15) is 0 Å². The van der Waals surface area contributed by atoms with Gasteiger partial charge in [-0.05, 0) is 63.1 Å². The molecule has 0 radical (unpaired) electrons. The van der Waals surface area contributed by atoms with Crippen LogP contribution in [0.5, 0.6) is 0 Å². The first-order valence-electron chi connectivity index (χ1n) is 8.08. The Labute approximate surface area is 114 Å². The lowest BCUT2D eigenvalue weighted by Gasteiger charge is -2.40. The molecule has 1 heterocycles. The molecule has 0 spiro atoms. The van der Waals surface area contributed by atoms with Crippen LogP contribution in [0, 0.1) is 11.3 Å². The second-order valence-electron chi connectivity index (χ2n) is 7.08. The summed E-state index contributed by atoms with van der Waals surface area (Å²) in [6.07, 6.45) is 8.35. The summed E-state index contributed by atoms with van der Waals surface area (Å²) in [6, 6.07) is 0.840. The summed E-state index contributed by atoms with van der Waals surface area (Å²) in [5.74, 6) is 0.939. The normalized spacial score (nSPS) is 29.0. The highest BCUT2D eigenvalue weighted by molar-refractivity contribution is 4.92. The third-order valence-electron chi connectivity index (χ3n) is 5.10. The Morgan fingerprint density at radius 1 is 1.17 bits per heavy atom. The van der Waals surface area contributed by atoms with E-state index in [0.29, 0.717) is 5.41 Å². The maximum Gasteiger partial charge on any atom is 0.0146 e. The first-order valence-corrected chi connectivity index (χ1v) is 8.08. The van der Waals surface area contributed by atoms with E-state index in [9.17, 15) is 0 Å². The van der Waals surface area contributed by atoms with E-state index in [1.165, 1.54) is 64.7 Å². The summed E-state index contributed by atoms with van der Waals surface area (Å²) in [4.78, 5) is 2.84. The molecule has 1 saturated heterocycles. The van der Waals surface area contributed by atoms with Gasteiger partial charge in [-0.1, -0.05) is 27.2 Å². The molecule has 0 aromatic carbocycles. The highest BCUT2D eigenvalue weighted by Crippen LogP contribution is 2.41. The van der Waals surface area contributed by atoms with E-state index in [-0.39, 0.29) is 0 Å². The maximum absolute atomic E-state index is 3.49. The SMILES string of the molecule is CCCN(CC1CCNCC1)C1CCCC1(C)C. The van der Waals surface area contributed by atoms with Crippen molar-refractivity contribution in [3.63, 3.8) is 0 Å². The Kier molecular flexibility index (Phi) is 5.08. The Balaban J connectivity index is 1.94. The molecule has 1 N–H and O–H groups in total. The van der Waals surface area contributed by atoms with E-state index < -0.39 is 0 Å². The van der Waals surface area contributed by atoms with Gasteiger partial charge in [-0.2, -0.15) is 0 Å². The molecule has 2 nitrogen and oxygen atoms in total. The number of rotatable bonds is 5. The fourth-order valence-corrected chi connectivity index (χ4v) is 4.04. The topological polar surface area (TPSA) is 15.3 Å². The van der Waals surface area contributed by atoms with Crippen LogP contribution in [0.2, 0.25) is 0 Å². The van der Waals surface area contributed by atoms with Crippen molar-refractivity contribution in [2.24, 2.45) is 11.3 Å². The molecular formula is C16H32N2. The Morgan fingerprint density at radius 3 is 2.44 bits per heavy atom. The lowest BCUT2D eigenvalue weighted by atomic mass is 9.85. The molecule has 18 heavy (non-hydrogen) atoms. The van der Waals surface area contributed by atoms with Crippen molar-refractivity contribution in [1.29, 1.82) is 0 Å². The Hall–Kier alpha value is -0.0800. The van der Waals surface area contributed by atoms with E-state index in [2.05, 4.69) is 31.0 Å². The molecule has 2 rings (SSSR count). The van der Waals surface area contributed by atoms with Crippen molar-refractivity contribution in [2.45, 2.75) is 65.3 Å². The lowest BCUT2D eigenvalue weighted by molar-refractivity contribution is 0.0882. The predicted octanol–water partition coefficient (Wildman–Crippen LogP) is 3.28. The van der Waals surface area contributed by atoms with Crippen LogP contribution < -0.4 is 5.32 Å². The van der Waals surface area contributed by atoms with Gasteiger partial charge in [-0.15, -0.1) is 0 Å². The molecule has 2 fully saturated rings. The standard InChI is InChI=1S/C16H32N2/c1-4-12-18(13-14-7-10-17-11-8-14)15-6-5-9-16(15,2)3/h14-15,17H,4-13H2,1-3H3. The summed E-state index contributed by atoms with van der Waals surface area (Å²) >= 11 is 0. The van der Waals surface area contributed by atoms with Gasteiger partial charge in [0, 0.05) is 12.6 Å². The van der Waals surface area contributed by atoms with E-state index in [1.807, 2.05) is 0 Å². The maximum atomic E-state index is 3.49. The summed E-state index contributed by atoms with van der Waals surface area (Å²) in [7, 11) is 0. The average molecular weight is 252 g/mol. The van der Waals surface area contributed by atoms with Gasteiger partial charge in [0.05, 0.1) is 0 Å². The Morgan fingerprint density at radius 2 is 1.89 bits per heavy atom. The number of hydrogen-bond acceptors (Lipinski definition) is 2. The molecule has 0 aromatic rings. The highest BCUT2D eigenvalue weighted by Gasteiger charge is 2.38. The largest absolute Gasteiger partial charge is 0.317 e. The quantitative estimate of drug-likeness (QED) is 0.808. The van der Waals surface area contributed by atoms with Gasteiger partial charge in [-0.25, -0.2) is 0 Å². The Bertz CT molecular complexity index is 243. The van der Waals surface area contributed by atoms with Crippen LogP contribution in [0.25, 0.3) is 0 Å². The van der Waals surface area contributed by atoms with Crippen LogP contribution in [0.15, 0.2) is 0 Å². The molecule has 1 saturated carbocycles. The fraction of sp³-hybridized carbons (Fsp3) is 1.00. The van der Waals surface area contributed by atoms with Crippen LogP contribution in [0.3, 0.4) is 0 Å². The summed E-state index contributed by atoms with van der Waals surface area (Å²) in [5.41, 5.74) is 0.544. The van der Waals surface area contributed by atoms with Crippen molar-refractivity contribution < 1.29 is 0 Å². The zero-order valence-corrected chi connectivity index (χ0v) is 12.7. The number of nitrogens with zero attached hydrogens (tertiary/aromatic N) is 1. The van der Waals surface area contributed by atoms with Gasteiger partial charge in [-0.3, -0.25) is 4.90 Å². The van der Waals surface area contributed by atoms with Gasteiger partial charge in [0.25, 0.3) is 0 Å². The molecule has 0 aromatic heterocycles. The molecule has 0 amide bonds. The number of hydrogen-bond donors (Lipinski definition) is 1. The second-order valence-corrected chi connectivity index (χ2v) is 7.08. The summed E-state index contributed by atoms with van der Waals surface area (Å²) in [5, 5.41) is 3.49. The molecule has 1 unspecified atom stereocenters. The van der Waals surface area contributed by atoms with Crippen LogP contribution in [-0.2, 0) is 0 Å². The van der Waals surface area contributed by atoms with E-state index in [4.69, 9.17) is 0 Å². The van der Waals surface area contributed by atoms with Crippen LogP contribution in [-0.4, -0.2) is 37.1 Å². The molecular weight excluding hydrogens is 220 g/mol. The molecule has 2 aliphatic rings. The molecule has 1 atom stereocenters. The zero-order valence-electron chi connectivity index (χ0n) is 12.7. The first kappa shape index (κ1) is 14.3. The van der Waals surface area contributed by atoms with Crippen LogP contribution >= 0.6 is 0 Å². The van der Waals surface area contributed by atoms with E-state index >= 15 is 0 Å². The van der Waals surface area contributed by atoms with Crippen molar-refractivity contribution in [1.82, 2.24) is 10.2 Å². The van der Waals surface area contributed by atoms with Gasteiger partial charge in [0.2, 0.25) is 0 Å². The fourth-order valence-electron chi connectivity index (χ4n) is 4.04. The zero-order chi connectivity index (χ0) is 13.0. The predicted molar refractivity (Wildman–Crippen MR) is 78.9 cm³/mol. The molecule has 1 aliphatic heterocycles. The third-order valence-corrected chi connectivity index (χ3v) is 5.10. The number of piperidine rings is 1. The number of nitrogens with one attached hydrogen (secondary N) is 1. The molecule has 1 aliphatic carbocycles. The highest BCUT2D eigenvalue weighted by atomic mass is 15.2. The van der Waals surface area contributed by atoms with Crippen molar-refractivity contribution >= 4 is 0 Å². The lowest BCUT2D eigenvalue weighted by Crippen LogP contribution is -2.46. The average Bonchev–Trinajstić information content (AvgIpc) is 2.70.